The summed E-state index contributed by atoms with van der Waals surface area (Å²) in [6.45, 7) is 1.28. The van der Waals surface area contributed by atoms with Gasteiger partial charge in [0.15, 0.2) is 0 Å². The van der Waals surface area contributed by atoms with E-state index in [9.17, 15) is 14.0 Å². The number of aromatic nitrogens is 2. The van der Waals surface area contributed by atoms with E-state index < -0.39 is 5.82 Å². The molecule has 0 spiro atoms. The summed E-state index contributed by atoms with van der Waals surface area (Å²) < 4.78 is 20.4. The molecule has 1 aliphatic rings. The molecule has 3 rings (SSSR count). The normalized spacial score (nSPS) is 14.8. The van der Waals surface area contributed by atoms with E-state index in [0.29, 0.717) is 24.5 Å². The number of rotatable bonds is 4. The van der Waals surface area contributed by atoms with Gasteiger partial charge < -0.3 is 9.64 Å². The topological polar surface area (TPSA) is 64.4 Å². The molecular formula is C19H22FN3O3. The Labute approximate surface area is 151 Å². The molecule has 2 aromatic rings. The minimum Gasteiger partial charge on any atom is -0.497 e. The number of likely N-dealkylation sites (tertiary alicyclic amines) is 1. The van der Waals surface area contributed by atoms with E-state index in [-0.39, 0.29) is 23.6 Å². The van der Waals surface area contributed by atoms with E-state index >= 15 is 0 Å². The zero-order valence-corrected chi connectivity index (χ0v) is 14.8. The van der Waals surface area contributed by atoms with Crippen molar-refractivity contribution in [3.63, 3.8) is 0 Å². The largest absolute Gasteiger partial charge is 0.497 e. The van der Waals surface area contributed by atoms with Crippen LogP contribution in [0.2, 0.25) is 0 Å². The Kier molecular flexibility index (Phi) is 5.65. The maximum absolute atomic E-state index is 14.3. The van der Waals surface area contributed by atoms with Crippen molar-refractivity contribution < 1.29 is 13.9 Å². The summed E-state index contributed by atoms with van der Waals surface area (Å²) in [7, 11) is 1.46. The second-order valence-corrected chi connectivity index (χ2v) is 6.36. The van der Waals surface area contributed by atoms with Crippen LogP contribution in [0.3, 0.4) is 0 Å². The second kappa shape index (κ2) is 8.12. The molecule has 0 aliphatic carbocycles. The van der Waals surface area contributed by atoms with Crippen molar-refractivity contribution in [2.45, 2.75) is 32.2 Å². The summed E-state index contributed by atoms with van der Waals surface area (Å²) in [5.74, 6) is -0.231. The Bertz CT molecular complexity index is 842. The van der Waals surface area contributed by atoms with Gasteiger partial charge in [-0.2, -0.15) is 5.10 Å². The van der Waals surface area contributed by atoms with Gasteiger partial charge in [0.05, 0.1) is 12.8 Å². The van der Waals surface area contributed by atoms with Crippen LogP contribution in [-0.4, -0.2) is 40.8 Å². The van der Waals surface area contributed by atoms with Crippen LogP contribution in [-0.2, 0) is 11.3 Å². The average Bonchev–Trinajstić information content (AvgIpc) is 2.93. The first-order valence-electron chi connectivity index (χ1n) is 8.78. The lowest BCUT2D eigenvalue weighted by molar-refractivity contribution is -0.132. The van der Waals surface area contributed by atoms with Crippen LogP contribution in [0.1, 0.15) is 25.7 Å². The molecule has 1 amide bonds. The summed E-state index contributed by atoms with van der Waals surface area (Å²) in [5.41, 5.74) is 0.168. The third kappa shape index (κ3) is 4.09. The monoisotopic (exact) mass is 359 g/mol. The lowest BCUT2D eigenvalue weighted by atomic mass is 10.1. The van der Waals surface area contributed by atoms with Crippen LogP contribution < -0.4 is 10.3 Å². The Balaban J connectivity index is 1.83. The fraction of sp³-hybridized carbons (Fsp3) is 0.421. The van der Waals surface area contributed by atoms with Crippen molar-refractivity contribution in [1.29, 1.82) is 0 Å². The summed E-state index contributed by atoms with van der Waals surface area (Å²) in [4.78, 5) is 26.4. The lowest BCUT2D eigenvalue weighted by Crippen LogP contribution is -2.37. The van der Waals surface area contributed by atoms with Crippen molar-refractivity contribution in [1.82, 2.24) is 14.7 Å². The minimum absolute atomic E-state index is 0.131. The number of ether oxygens (including phenoxy) is 1. The number of methoxy groups -OCH3 is 1. The van der Waals surface area contributed by atoms with Crippen LogP contribution in [0.25, 0.3) is 11.3 Å². The van der Waals surface area contributed by atoms with Crippen molar-refractivity contribution in [3.05, 3.63) is 46.5 Å². The number of carbonyl (C=O) groups excluding carboxylic acids is 1. The highest BCUT2D eigenvalue weighted by Gasteiger charge is 2.17. The molecule has 7 heteroatoms. The van der Waals surface area contributed by atoms with Gasteiger partial charge in [-0.1, -0.05) is 12.8 Å². The molecular weight excluding hydrogens is 337 g/mol. The van der Waals surface area contributed by atoms with Crippen molar-refractivity contribution in [3.8, 4) is 17.0 Å². The van der Waals surface area contributed by atoms with Gasteiger partial charge in [0.1, 0.15) is 18.1 Å². The second-order valence-electron chi connectivity index (χ2n) is 6.36. The van der Waals surface area contributed by atoms with Crippen LogP contribution in [0.4, 0.5) is 4.39 Å². The third-order valence-corrected chi connectivity index (χ3v) is 4.56. The van der Waals surface area contributed by atoms with E-state index in [4.69, 9.17) is 4.74 Å². The van der Waals surface area contributed by atoms with Gasteiger partial charge in [0.25, 0.3) is 5.56 Å². The Hall–Kier alpha value is -2.70. The summed E-state index contributed by atoms with van der Waals surface area (Å²) >= 11 is 0. The van der Waals surface area contributed by atoms with Crippen LogP contribution >= 0.6 is 0 Å². The highest BCUT2D eigenvalue weighted by molar-refractivity contribution is 5.76. The molecule has 0 N–H and O–H groups in total. The number of benzene rings is 1. The first kappa shape index (κ1) is 18.1. The van der Waals surface area contributed by atoms with Crippen molar-refractivity contribution in [2.24, 2.45) is 0 Å². The zero-order chi connectivity index (χ0) is 18.5. The maximum atomic E-state index is 14.3. The molecule has 0 atom stereocenters. The number of nitrogens with zero attached hydrogens (tertiary/aromatic N) is 3. The van der Waals surface area contributed by atoms with E-state index in [1.165, 1.54) is 25.3 Å². The van der Waals surface area contributed by atoms with Crippen molar-refractivity contribution in [2.75, 3.05) is 20.2 Å². The molecule has 1 fully saturated rings. The fourth-order valence-electron chi connectivity index (χ4n) is 3.08. The highest BCUT2D eigenvalue weighted by atomic mass is 19.1. The molecule has 1 aromatic carbocycles. The molecule has 0 bridgehead atoms. The minimum atomic E-state index is -0.499. The maximum Gasteiger partial charge on any atom is 0.267 e. The molecule has 1 aromatic heterocycles. The first-order valence-corrected chi connectivity index (χ1v) is 8.78. The third-order valence-electron chi connectivity index (χ3n) is 4.56. The Morgan fingerprint density at radius 2 is 1.88 bits per heavy atom. The van der Waals surface area contributed by atoms with Crippen molar-refractivity contribution >= 4 is 5.91 Å². The molecule has 26 heavy (non-hydrogen) atoms. The Morgan fingerprint density at radius 1 is 1.15 bits per heavy atom. The van der Waals surface area contributed by atoms with E-state index in [2.05, 4.69) is 5.10 Å². The summed E-state index contributed by atoms with van der Waals surface area (Å²) in [5, 5.41) is 4.19. The number of hydrogen-bond acceptors (Lipinski definition) is 4. The van der Waals surface area contributed by atoms with Gasteiger partial charge in [-0.05, 0) is 31.0 Å². The predicted octanol–water partition coefficient (Wildman–Crippen LogP) is 2.46. The number of carbonyl (C=O) groups is 1. The lowest BCUT2D eigenvalue weighted by Gasteiger charge is -2.20. The molecule has 1 aliphatic heterocycles. The number of amides is 1. The van der Waals surface area contributed by atoms with E-state index in [0.717, 1.165) is 30.4 Å². The fourth-order valence-corrected chi connectivity index (χ4v) is 3.08. The van der Waals surface area contributed by atoms with E-state index in [1.807, 2.05) is 0 Å². The highest BCUT2D eigenvalue weighted by Crippen LogP contribution is 2.24. The number of halogens is 1. The first-order chi connectivity index (χ1) is 12.6. The smallest absolute Gasteiger partial charge is 0.267 e. The molecule has 0 unspecified atom stereocenters. The van der Waals surface area contributed by atoms with Gasteiger partial charge in [-0.15, -0.1) is 0 Å². The zero-order valence-electron chi connectivity index (χ0n) is 14.8. The SMILES string of the molecule is COc1ccc(-c2ccc(=O)n(CC(=O)N3CCCCCC3)n2)c(F)c1. The average molecular weight is 359 g/mol. The van der Waals surface area contributed by atoms with E-state index in [1.54, 1.807) is 17.0 Å². The summed E-state index contributed by atoms with van der Waals surface area (Å²) in [6, 6.07) is 7.19. The quantitative estimate of drug-likeness (QED) is 0.841. The molecule has 2 heterocycles. The van der Waals surface area contributed by atoms with Gasteiger partial charge in [0.2, 0.25) is 5.91 Å². The predicted molar refractivity (Wildman–Crippen MR) is 95.5 cm³/mol. The van der Waals surface area contributed by atoms with Gasteiger partial charge in [0, 0.05) is 30.8 Å². The molecule has 6 nitrogen and oxygen atoms in total. The van der Waals surface area contributed by atoms with Gasteiger partial charge in [-0.3, -0.25) is 9.59 Å². The molecule has 0 saturated carbocycles. The number of hydrogen-bond donors (Lipinski definition) is 0. The van der Waals surface area contributed by atoms with Gasteiger partial charge in [-0.25, -0.2) is 9.07 Å². The van der Waals surface area contributed by atoms with Crippen LogP contribution in [0.15, 0.2) is 35.1 Å². The molecule has 1 saturated heterocycles. The van der Waals surface area contributed by atoms with Crippen LogP contribution in [0.5, 0.6) is 5.75 Å². The van der Waals surface area contributed by atoms with Gasteiger partial charge >= 0.3 is 0 Å². The van der Waals surface area contributed by atoms with Crippen LogP contribution in [0, 0.1) is 5.82 Å². The Morgan fingerprint density at radius 3 is 2.54 bits per heavy atom. The standard InChI is InChI=1S/C19H22FN3O3/c1-26-14-6-7-15(16(20)12-14)17-8-9-18(24)23(21-17)13-19(25)22-10-4-2-3-5-11-22/h6-9,12H,2-5,10-11,13H2,1H3. The summed E-state index contributed by atoms with van der Waals surface area (Å²) in [6.07, 6.45) is 4.19. The molecule has 0 radical (unpaired) electrons. The molecule has 138 valence electrons.